The number of aromatic nitrogens is 1. The number of carboxylic acid groups (broad SMARTS) is 1. The Morgan fingerprint density at radius 1 is 1.16 bits per heavy atom. The molecular weight excluding hydrogens is 320 g/mol. The third-order valence-corrected chi connectivity index (χ3v) is 3.94. The third kappa shape index (κ3) is 3.33. The van der Waals surface area contributed by atoms with E-state index in [1.165, 1.54) is 0 Å². The molecule has 0 spiro atoms. The van der Waals surface area contributed by atoms with Gasteiger partial charge >= 0.3 is 5.97 Å². The monoisotopic (exact) mass is 338 g/mol. The average Bonchev–Trinajstić information content (AvgIpc) is 2.94. The van der Waals surface area contributed by atoms with Crippen LogP contribution < -0.4 is 10.1 Å². The molecule has 0 saturated heterocycles. The molecule has 6 nitrogen and oxygen atoms in total. The number of carboxylic acids is 1. The van der Waals surface area contributed by atoms with Gasteiger partial charge in [-0.15, -0.1) is 0 Å². The highest BCUT2D eigenvalue weighted by molar-refractivity contribution is 5.97. The maximum atomic E-state index is 11.7. The zero-order valence-corrected chi connectivity index (χ0v) is 14.2. The second kappa shape index (κ2) is 6.68. The van der Waals surface area contributed by atoms with E-state index in [9.17, 15) is 9.90 Å². The van der Waals surface area contributed by atoms with Crippen LogP contribution in [-0.2, 0) is 0 Å². The quantitative estimate of drug-likeness (QED) is 0.717. The number of aromatic carboxylic acids is 1. The average molecular weight is 338 g/mol. The summed E-state index contributed by atoms with van der Waals surface area (Å²) in [5, 5.41) is 16.6. The van der Waals surface area contributed by atoms with Crippen LogP contribution in [-0.4, -0.2) is 23.3 Å². The van der Waals surface area contributed by atoms with Gasteiger partial charge in [-0.25, -0.2) is 4.79 Å². The van der Waals surface area contributed by atoms with Crippen molar-refractivity contribution < 1.29 is 19.2 Å². The van der Waals surface area contributed by atoms with Gasteiger partial charge in [-0.05, 0) is 55.8 Å². The molecule has 3 rings (SSSR count). The lowest BCUT2D eigenvalue weighted by atomic mass is 10.0. The molecular formula is C19H18N2O4. The number of ether oxygens (including phenoxy) is 1. The molecule has 0 unspecified atom stereocenters. The molecule has 2 aromatic carbocycles. The number of aryl methyl sites for hydroxylation is 2. The molecule has 1 heterocycles. The predicted octanol–water partition coefficient (Wildman–Crippen LogP) is 4.41. The van der Waals surface area contributed by atoms with Crippen LogP contribution in [0.5, 0.6) is 5.75 Å². The van der Waals surface area contributed by atoms with Crippen molar-refractivity contribution in [3.05, 3.63) is 59.5 Å². The van der Waals surface area contributed by atoms with E-state index in [2.05, 4.69) is 10.5 Å². The van der Waals surface area contributed by atoms with E-state index < -0.39 is 5.97 Å². The Hall–Kier alpha value is -3.28. The van der Waals surface area contributed by atoms with Crippen LogP contribution in [0.3, 0.4) is 0 Å². The molecule has 0 fully saturated rings. The molecule has 0 aliphatic rings. The summed E-state index contributed by atoms with van der Waals surface area (Å²) in [4.78, 5) is 11.7. The Labute approximate surface area is 145 Å². The maximum Gasteiger partial charge on any atom is 0.337 e. The van der Waals surface area contributed by atoms with Crippen LogP contribution in [0.1, 0.15) is 21.8 Å². The standard InChI is InChI=1S/C19H18N2O4/c1-11-18(12(2)25-21-11)13-4-9-17(16(10-13)19(22)23)20-14-5-7-15(24-3)8-6-14/h4-10,20H,1-3H3,(H,22,23). The summed E-state index contributed by atoms with van der Waals surface area (Å²) in [7, 11) is 1.60. The number of anilines is 2. The van der Waals surface area contributed by atoms with Crippen LogP contribution in [0.25, 0.3) is 11.1 Å². The normalized spacial score (nSPS) is 10.5. The summed E-state index contributed by atoms with van der Waals surface area (Å²) in [6.07, 6.45) is 0. The second-order valence-corrected chi connectivity index (χ2v) is 5.62. The zero-order chi connectivity index (χ0) is 18.0. The second-order valence-electron chi connectivity index (χ2n) is 5.62. The van der Waals surface area contributed by atoms with E-state index in [1.54, 1.807) is 38.3 Å². The molecule has 0 radical (unpaired) electrons. The van der Waals surface area contributed by atoms with E-state index in [-0.39, 0.29) is 5.56 Å². The molecule has 0 atom stereocenters. The number of benzene rings is 2. The van der Waals surface area contributed by atoms with Gasteiger partial charge in [0.05, 0.1) is 24.1 Å². The number of methoxy groups -OCH3 is 1. The van der Waals surface area contributed by atoms with Gasteiger partial charge in [0.25, 0.3) is 0 Å². The fourth-order valence-electron chi connectivity index (χ4n) is 2.71. The zero-order valence-electron chi connectivity index (χ0n) is 14.2. The molecule has 0 saturated carbocycles. The van der Waals surface area contributed by atoms with Crippen LogP contribution in [0.15, 0.2) is 47.0 Å². The van der Waals surface area contributed by atoms with Crippen molar-refractivity contribution >= 4 is 17.3 Å². The predicted molar refractivity (Wildman–Crippen MR) is 94.6 cm³/mol. The van der Waals surface area contributed by atoms with E-state index in [1.807, 2.05) is 25.1 Å². The third-order valence-electron chi connectivity index (χ3n) is 3.94. The van der Waals surface area contributed by atoms with Crippen molar-refractivity contribution in [1.82, 2.24) is 5.16 Å². The van der Waals surface area contributed by atoms with Crippen molar-refractivity contribution in [3.63, 3.8) is 0 Å². The minimum absolute atomic E-state index is 0.174. The lowest BCUT2D eigenvalue weighted by molar-refractivity contribution is 0.0698. The molecule has 0 aliphatic heterocycles. The first-order chi connectivity index (χ1) is 12.0. The van der Waals surface area contributed by atoms with Gasteiger partial charge < -0.3 is 19.7 Å². The highest BCUT2D eigenvalue weighted by atomic mass is 16.5. The van der Waals surface area contributed by atoms with Gasteiger partial charge in [0.15, 0.2) is 0 Å². The van der Waals surface area contributed by atoms with Crippen LogP contribution in [0, 0.1) is 13.8 Å². The Morgan fingerprint density at radius 2 is 1.88 bits per heavy atom. The number of hydrogen-bond donors (Lipinski definition) is 2. The highest BCUT2D eigenvalue weighted by Crippen LogP contribution is 2.31. The molecule has 25 heavy (non-hydrogen) atoms. The van der Waals surface area contributed by atoms with Gasteiger partial charge in [0.2, 0.25) is 0 Å². The minimum atomic E-state index is -1.01. The molecule has 2 N–H and O–H groups in total. The van der Waals surface area contributed by atoms with E-state index in [0.717, 1.165) is 28.3 Å². The Morgan fingerprint density at radius 3 is 2.44 bits per heavy atom. The van der Waals surface area contributed by atoms with Crippen molar-refractivity contribution in [1.29, 1.82) is 0 Å². The topological polar surface area (TPSA) is 84.6 Å². The summed E-state index contributed by atoms with van der Waals surface area (Å²) >= 11 is 0. The first kappa shape index (κ1) is 16.6. The lowest BCUT2D eigenvalue weighted by Crippen LogP contribution is -2.03. The largest absolute Gasteiger partial charge is 0.497 e. The number of nitrogens with one attached hydrogen (secondary N) is 1. The van der Waals surface area contributed by atoms with Gasteiger partial charge in [0, 0.05) is 11.3 Å². The van der Waals surface area contributed by atoms with Gasteiger partial charge in [-0.2, -0.15) is 0 Å². The Balaban J connectivity index is 1.98. The number of nitrogens with zero attached hydrogens (tertiary/aromatic N) is 1. The Bertz CT molecular complexity index is 894. The van der Waals surface area contributed by atoms with Crippen LogP contribution in [0.4, 0.5) is 11.4 Å². The van der Waals surface area contributed by atoms with Crippen LogP contribution >= 0.6 is 0 Å². The molecule has 0 amide bonds. The number of carbonyl (C=O) groups is 1. The van der Waals surface area contributed by atoms with Gasteiger partial charge in [-0.3, -0.25) is 0 Å². The Kier molecular flexibility index (Phi) is 4.43. The molecule has 1 aromatic heterocycles. The first-order valence-electron chi connectivity index (χ1n) is 7.71. The molecule has 0 aliphatic carbocycles. The molecule has 6 heteroatoms. The van der Waals surface area contributed by atoms with Crippen LogP contribution in [0.2, 0.25) is 0 Å². The fourth-order valence-corrected chi connectivity index (χ4v) is 2.71. The van der Waals surface area contributed by atoms with E-state index >= 15 is 0 Å². The first-order valence-corrected chi connectivity index (χ1v) is 7.71. The SMILES string of the molecule is COc1ccc(Nc2ccc(-c3c(C)noc3C)cc2C(=O)O)cc1. The number of hydrogen-bond acceptors (Lipinski definition) is 5. The van der Waals surface area contributed by atoms with E-state index in [4.69, 9.17) is 9.26 Å². The van der Waals surface area contributed by atoms with E-state index in [0.29, 0.717) is 11.4 Å². The summed E-state index contributed by atoms with van der Waals surface area (Å²) in [5.74, 6) is 0.382. The molecule has 0 bridgehead atoms. The van der Waals surface area contributed by atoms with Crippen molar-refractivity contribution in [2.45, 2.75) is 13.8 Å². The summed E-state index contributed by atoms with van der Waals surface area (Å²) in [5.41, 5.74) is 3.76. The van der Waals surface area contributed by atoms with Gasteiger partial charge in [-0.1, -0.05) is 11.2 Å². The molecule has 3 aromatic rings. The summed E-state index contributed by atoms with van der Waals surface area (Å²) < 4.78 is 10.3. The smallest absolute Gasteiger partial charge is 0.337 e. The lowest BCUT2D eigenvalue weighted by Gasteiger charge is -2.12. The highest BCUT2D eigenvalue weighted by Gasteiger charge is 2.16. The van der Waals surface area contributed by atoms with Gasteiger partial charge in [0.1, 0.15) is 11.5 Å². The van der Waals surface area contributed by atoms with Crippen molar-refractivity contribution in [2.24, 2.45) is 0 Å². The fraction of sp³-hybridized carbons (Fsp3) is 0.158. The number of rotatable bonds is 5. The summed E-state index contributed by atoms with van der Waals surface area (Å²) in [6, 6.07) is 12.5. The maximum absolute atomic E-state index is 11.7. The minimum Gasteiger partial charge on any atom is -0.497 e. The van der Waals surface area contributed by atoms with Crippen molar-refractivity contribution in [2.75, 3.05) is 12.4 Å². The summed E-state index contributed by atoms with van der Waals surface area (Å²) in [6.45, 7) is 3.63. The molecule has 128 valence electrons. The van der Waals surface area contributed by atoms with Crippen molar-refractivity contribution in [3.8, 4) is 16.9 Å².